The first kappa shape index (κ1) is 12.2. The van der Waals surface area contributed by atoms with Gasteiger partial charge in [0, 0.05) is 0 Å². The summed E-state index contributed by atoms with van der Waals surface area (Å²) in [5.41, 5.74) is -1.63. The second-order valence-electron chi connectivity index (χ2n) is 2.87. The van der Waals surface area contributed by atoms with Crippen molar-refractivity contribution >= 4 is 21.7 Å². The Labute approximate surface area is 91.2 Å². The predicted octanol–water partition coefficient (Wildman–Crippen LogP) is 3.81. The number of carbonyl (C=O) groups is 1. The molecule has 0 unspecified atom stereocenters. The number of ketones is 1. The average Bonchev–Trinajstić information content (AvgIpc) is 2.06. The van der Waals surface area contributed by atoms with E-state index in [0.29, 0.717) is 12.1 Å². The van der Waals surface area contributed by atoms with Gasteiger partial charge in [-0.1, -0.05) is 0 Å². The molecule has 1 aromatic rings. The molecule has 1 rings (SSSR count). The van der Waals surface area contributed by atoms with E-state index < -0.39 is 28.9 Å². The lowest BCUT2D eigenvalue weighted by atomic mass is 10.1. The third-order valence-electron chi connectivity index (χ3n) is 1.73. The first-order valence-electron chi connectivity index (χ1n) is 3.80. The zero-order valence-electron chi connectivity index (χ0n) is 7.45. The summed E-state index contributed by atoms with van der Waals surface area (Å²) >= 11 is 2.63. The maximum absolute atomic E-state index is 13.2. The van der Waals surface area contributed by atoms with E-state index in [0.717, 1.165) is 6.92 Å². The van der Waals surface area contributed by atoms with Crippen LogP contribution < -0.4 is 0 Å². The number of Topliss-reactive ketones (excluding diaryl/α,β-unsaturated/α-hetero) is 1. The van der Waals surface area contributed by atoms with Gasteiger partial charge in [-0.05, 0) is 35.0 Å². The van der Waals surface area contributed by atoms with E-state index in [1.165, 1.54) is 0 Å². The van der Waals surface area contributed by atoms with E-state index in [1.807, 2.05) is 0 Å². The zero-order chi connectivity index (χ0) is 11.8. The fraction of sp³-hybridized carbons (Fsp3) is 0.222. The third kappa shape index (κ3) is 2.56. The highest BCUT2D eigenvalue weighted by atomic mass is 79.9. The highest BCUT2D eigenvalue weighted by molar-refractivity contribution is 9.10. The second kappa shape index (κ2) is 3.92. The number of rotatable bonds is 1. The van der Waals surface area contributed by atoms with E-state index in [1.54, 1.807) is 0 Å². The molecule has 0 fully saturated rings. The molecule has 0 aliphatic carbocycles. The molecule has 1 aromatic carbocycles. The Morgan fingerprint density at radius 2 is 1.87 bits per heavy atom. The fourth-order valence-electron chi connectivity index (χ4n) is 1.01. The van der Waals surface area contributed by atoms with Crippen molar-refractivity contribution in [3.63, 3.8) is 0 Å². The maximum Gasteiger partial charge on any atom is 0.416 e. The molecule has 0 radical (unpaired) electrons. The molecule has 0 heterocycles. The summed E-state index contributed by atoms with van der Waals surface area (Å²) in [6.45, 7) is 1.00. The SMILES string of the molecule is CC(=O)c1cc(C(F)(F)F)cc(Br)c1F. The topological polar surface area (TPSA) is 17.1 Å². The Balaban J connectivity index is 3.43. The van der Waals surface area contributed by atoms with Crippen LogP contribution in [0.2, 0.25) is 0 Å². The lowest BCUT2D eigenvalue weighted by Gasteiger charge is -2.09. The van der Waals surface area contributed by atoms with Crippen molar-refractivity contribution in [3.8, 4) is 0 Å². The van der Waals surface area contributed by atoms with E-state index in [4.69, 9.17) is 0 Å². The van der Waals surface area contributed by atoms with Crippen LogP contribution in [-0.4, -0.2) is 5.78 Å². The summed E-state index contributed by atoms with van der Waals surface area (Å²) in [6, 6.07) is 1.10. The molecule has 0 bridgehead atoms. The van der Waals surface area contributed by atoms with Crippen molar-refractivity contribution in [1.29, 1.82) is 0 Å². The number of halogens is 5. The molecule has 0 aromatic heterocycles. The normalized spacial score (nSPS) is 11.6. The van der Waals surface area contributed by atoms with Gasteiger partial charge < -0.3 is 0 Å². The number of carbonyl (C=O) groups excluding carboxylic acids is 1. The Hall–Kier alpha value is -0.910. The first-order valence-corrected chi connectivity index (χ1v) is 4.60. The number of benzene rings is 1. The quantitative estimate of drug-likeness (QED) is 0.566. The van der Waals surface area contributed by atoms with Crippen LogP contribution in [0.15, 0.2) is 16.6 Å². The third-order valence-corrected chi connectivity index (χ3v) is 2.31. The van der Waals surface area contributed by atoms with Crippen molar-refractivity contribution in [3.05, 3.63) is 33.5 Å². The number of alkyl halides is 3. The predicted molar refractivity (Wildman–Crippen MR) is 49.1 cm³/mol. The average molecular weight is 285 g/mol. The summed E-state index contributed by atoms with van der Waals surface area (Å²) in [6.07, 6.45) is -4.60. The summed E-state index contributed by atoms with van der Waals surface area (Å²) in [5.74, 6) is -1.73. The molecule has 0 spiro atoms. The summed E-state index contributed by atoms with van der Waals surface area (Å²) < 4.78 is 49.7. The zero-order valence-corrected chi connectivity index (χ0v) is 9.04. The van der Waals surface area contributed by atoms with Gasteiger partial charge in [0.25, 0.3) is 0 Å². The summed E-state index contributed by atoms with van der Waals surface area (Å²) in [5, 5.41) is 0. The molecule has 0 N–H and O–H groups in total. The van der Waals surface area contributed by atoms with Gasteiger partial charge >= 0.3 is 6.18 Å². The maximum atomic E-state index is 13.2. The fourth-order valence-corrected chi connectivity index (χ4v) is 1.47. The van der Waals surface area contributed by atoms with Crippen LogP contribution in [0, 0.1) is 5.82 Å². The molecular weight excluding hydrogens is 280 g/mol. The molecule has 0 amide bonds. The minimum atomic E-state index is -4.60. The van der Waals surface area contributed by atoms with Crippen molar-refractivity contribution in [1.82, 2.24) is 0 Å². The molecule has 1 nitrogen and oxygen atoms in total. The van der Waals surface area contributed by atoms with Crippen LogP contribution in [-0.2, 0) is 6.18 Å². The summed E-state index contributed by atoms with van der Waals surface area (Å²) in [7, 11) is 0. The Morgan fingerprint density at radius 3 is 2.27 bits per heavy atom. The van der Waals surface area contributed by atoms with Gasteiger partial charge in [0.05, 0.1) is 15.6 Å². The second-order valence-corrected chi connectivity index (χ2v) is 3.73. The van der Waals surface area contributed by atoms with Crippen LogP contribution in [0.5, 0.6) is 0 Å². The molecule has 0 aliphatic heterocycles. The largest absolute Gasteiger partial charge is 0.416 e. The number of hydrogen-bond acceptors (Lipinski definition) is 1. The van der Waals surface area contributed by atoms with Crippen molar-refractivity contribution in [2.24, 2.45) is 0 Å². The first-order chi connectivity index (χ1) is 6.73. The minimum Gasteiger partial charge on any atom is -0.294 e. The molecule has 0 aliphatic rings. The molecule has 6 heteroatoms. The Kier molecular flexibility index (Phi) is 3.18. The highest BCUT2D eigenvalue weighted by Crippen LogP contribution is 2.33. The van der Waals surface area contributed by atoms with E-state index in [9.17, 15) is 22.4 Å². The van der Waals surface area contributed by atoms with Crippen LogP contribution in [0.1, 0.15) is 22.8 Å². The Bertz CT molecular complexity index is 411. The molecule has 0 saturated heterocycles. The van der Waals surface area contributed by atoms with E-state index in [2.05, 4.69) is 15.9 Å². The smallest absolute Gasteiger partial charge is 0.294 e. The lowest BCUT2D eigenvalue weighted by molar-refractivity contribution is -0.137. The molecule has 0 saturated carbocycles. The van der Waals surface area contributed by atoms with Gasteiger partial charge in [0.2, 0.25) is 0 Å². The van der Waals surface area contributed by atoms with Crippen LogP contribution in [0.3, 0.4) is 0 Å². The lowest BCUT2D eigenvalue weighted by Crippen LogP contribution is -2.08. The van der Waals surface area contributed by atoms with Crippen molar-refractivity contribution in [2.45, 2.75) is 13.1 Å². The molecular formula is C9H5BrF4O. The van der Waals surface area contributed by atoms with Crippen LogP contribution in [0.4, 0.5) is 17.6 Å². The molecule has 15 heavy (non-hydrogen) atoms. The molecule has 82 valence electrons. The Morgan fingerprint density at radius 1 is 1.33 bits per heavy atom. The van der Waals surface area contributed by atoms with Gasteiger partial charge in [0.1, 0.15) is 5.82 Å². The van der Waals surface area contributed by atoms with E-state index in [-0.39, 0.29) is 4.47 Å². The summed E-state index contributed by atoms with van der Waals surface area (Å²) in [4.78, 5) is 10.9. The minimum absolute atomic E-state index is 0.373. The number of hydrogen-bond donors (Lipinski definition) is 0. The van der Waals surface area contributed by atoms with Crippen molar-refractivity contribution < 1.29 is 22.4 Å². The van der Waals surface area contributed by atoms with Crippen LogP contribution in [0.25, 0.3) is 0 Å². The van der Waals surface area contributed by atoms with Gasteiger partial charge in [-0.2, -0.15) is 13.2 Å². The monoisotopic (exact) mass is 284 g/mol. The van der Waals surface area contributed by atoms with E-state index >= 15 is 0 Å². The highest BCUT2D eigenvalue weighted by Gasteiger charge is 2.32. The van der Waals surface area contributed by atoms with Gasteiger partial charge in [0.15, 0.2) is 5.78 Å². The van der Waals surface area contributed by atoms with Gasteiger partial charge in [-0.3, -0.25) is 4.79 Å². The van der Waals surface area contributed by atoms with Crippen LogP contribution >= 0.6 is 15.9 Å². The van der Waals surface area contributed by atoms with Gasteiger partial charge in [-0.15, -0.1) is 0 Å². The van der Waals surface area contributed by atoms with Crippen molar-refractivity contribution in [2.75, 3.05) is 0 Å². The molecule has 0 atom stereocenters. The van der Waals surface area contributed by atoms with Gasteiger partial charge in [-0.25, -0.2) is 4.39 Å². The standard InChI is InChI=1S/C9H5BrF4O/c1-4(15)6-2-5(9(12,13)14)3-7(10)8(6)11/h2-3H,1H3.